The van der Waals surface area contributed by atoms with Gasteiger partial charge in [0.05, 0.1) is 0 Å². The smallest absolute Gasteiger partial charge is 0.255 e. The van der Waals surface area contributed by atoms with Gasteiger partial charge >= 0.3 is 0 Å². The van der Waals surface area contributed by atoms with Crippen LogP contribution in [-0.4, -0.2) is 27.7 Å². The van der Waals surface area contributed by atoms with Gasteiger partial charge in [0.1, 0.15) is 6.04 Å². The van der Waals surface area contributed by atoms with E-state index in [9.17, 15) is 9.59 Å². The molecular formula is C14H13N3O2S. The molecule has 2 amide bonds. The first-order chi connectivity index (χ1) is 9.66. The zero-order valence-corrected chi connectivity index (χ0v) is 11.7. The van der Waals surface area contributed by atoms with Gasteiger partial charge in [0.15, 0.2) is 5.13 Å². The Morgan fingerprint density at radius 3 is 2.95 bits per heavy atom. The van der Waals surface area contributed by atoms with E-state index >= 15 is 0 Å². The number of anilines is 1. The highest BCUT2D eigenvalue weighted by Gasteiger charge is 2.33. The van der Waals surface area contributed by atoms with Crippen molar-refractivity contribution in [2.75, 3.05) is 5.32 Å². The first kappa shape index (κ1) is 12.8. The quantitative estimate of drug-likeness (QED) is 0.940. The largest absolute Gasteiger partial charge is 0.323 e. The Morgan fingerprint density at radius 1 is 1.45 bits per heavy atom. The van der Waals surface area contributed by atoms with Gasteiger partial charge in [-0.2, -0.15) is 0 Å². The summed E-state index contributed by atoms with van der Waals surface area (Å²) in [4.78, 5) is 30.0. The van der Waals surface area contributed by atoms with E-state index in [2.05, 4.69) is 10.3 Å². The van der Waals surface area contributed by atoms with Crippen molar-refractivity contribution in [3.63, 3.8) is 0 Å². The summed E-state index contributed by atoms with van der Waals surface area (Å²) in [6.07, 6.45) is 1.63. The molecule has 1 aromatic carbocycles. The molecule has 1 N–H and O–H groups in total. The summed E-state index contributed by atoms with van der Waals surface area (Å²) in [5.74, 6) is -0.316. The van der Waals surface area contributed by atoms with Crippen molar-refractivity contribution in [2.45, 2.75) is 19.5 Å². The molecule has 1 atom stereocenters. The van der Waals surface area contributed by atoms with Crippen LogP contribution >= 0.6 is 11.3 Å². The molecule has 0 saturated heterocycles. The monoisotopic (exact) mass is 287 g/mol. The fourth-order valence-corrected chi connectivity index (χ4v) is 2.76. The van der Waals surface area contributed by atoms with Gasteiger partial charge in [-0.1, -0.05) is 18.2 Å². The van der Waals surface area contributed by atoms with E-state index in [0.29, 0.717) is 17.2 Å². The molecule has 0 radical (unpaired) electrons. The molecule has 5 nitrogen and oxygen atoms in total. The first-order valence-electron chi connectivity index (χ1n) is 6.26. The minimum atomic E-state index is -0.529. The van der Waals surface area contributed by atoms with Crippen molar-refractivity contribution in [3.8, 4) is 0 Å². The van der Waals surface area contributed by atoms with Crippen LogP contribution in [0.5, 0.6) is 0 Å². The summed E-state index contributed by atoms with van der Waals surface area (Å²) < 4.78 is 0. The Hall–Kier alpha value is -2.21. The topological polar surface area (TPSA) is 62.3 Å². The third kappa shape index (κ3) is 2.18. The van der Waals surface area contributed by atoms with Crippen LogP contribution in [0.3, 0.4) is 0 Å². The van der Waals surface area contributed by atoms with E-state index in [-0.39, 0.29) is 11.8 Å². The van der Waals surface area contributed by atoms with E-state index in [1.54, 1.807) is 29.5 Å². The molecule has 3 rings (SSSR count). The lowest BCUT2D eigenvalue weighted by atomic mass is 10.1. The average molecular weight is 287 g/mol. The van der Waals surface area contributed by atoms with E-state index in [1.807, 2.05) is 18.2 Å². The molecule has 0 fully saturated rings. The fraction of sp³-hybridized carbons (Fsp3) is 0.214. The van der Waals surface area contributed by atoms with Gasteiger partial charge in [0.25, 0.3) is 5.91 Å². The molecule has 0 aliphatic carbocycles. The number of aromatic nitrogens is 1. The van der Waals surface area contributed by atoms with Crippen molar-refractivity contribution in [1.82, 2.24) is 9.88 Å². The lowest BCUT2D eigenvalue weighted by Gasteiger charge is -2.22. The molecule has 2 heterocycles. The zero-order chi connectivity index (χ0) is 14.1. The maximum absolute atomic E-state index is 12.3. The van der Waals surface area contributed by atoms with Crippen molar-refractivity contribution in [2.24, 2.45) is 0 Å². The predicted molar refractivity (Wildman–Crippen MR) is 76.5 cm³/mol. The summed E-state index contributed by atoms with van der Waals surface area (Å²) in [6, 6.07) is 6.91. The maximum Gasteiger partial charge on any atom is 0.255 e. The molecule has 0 unspecified atom stereocenters. The number of benzene rings is 1. The van der Waals surface area contributed by atoms with Crippen molar-refractivity contribution in [3.05, 3.63) is 47.0 Å². The van der Waals surface area contributed by atoms with Crippen LogP contribution in [-0.2, 0) is 11.3 Å². The molecular weight excluding hydrogens is 274 g/mol. The molecule has 1 aliphatic rings. The lowest BCUT2D eigenvalue weighted by molar-refractivity contribution is -0.120. The molecule has 102 valence electrons. The molecule has 1 aromatic heterocycles. The molecule has 0 bridgehead atoms. The zero-order valence-electron chi connectivity index (χ0n) is 10.9. The highest BCUT2D eigenvalue weighted by atomic mass is 32.1. The van der Waals surface area contributed by atoms with Gasteiger partial charge in [-0.05, 0) is 18.6 Å². The summed E-state index contributed by atoms with van der Waals surface area (Å²) >= 11 is 1.35. The second kappa shape index (κ2) is 5.05. The number of hydrogen-bond donors (Lipinski definition) is 1. The number of amides is 2. The van der Waals surface area contributed by atoms with Crippen LogP contribution in [0.25, 0.3) is 0 Å². The Kier molecular flexibility index (Phi) is 3.23. The summed E-state index contributed by atoms with van der Waals surface area (Å²) in [6.45, 7) is 2.20. The number of rotatable bonds is 3. The van der Waals surface area contributed by atoms with Crippen LogP contribution in [0.15, 0.2) is 35.8 Å². The minimum absolute atomic E-state index is 0.0950. The maximum atomic E-state index is 12.3. The molecule has 1 aliphatic heterocycles. The van der Waals surface area contributed by atoms with Crippen molar-refractivity contribution in [1.29, 1.82) is 0 Å². The van der Waals surface area contributed by atoms with Gasteiger partial charge in [-0.25, -0.2) is 4.98 Å². The van der Waals surface area contributed by atoms with Crippen LogP contribution in [0.1, 0.15) is 22.8 Å². The Labute approximate surface area is 120 Å². The Balaban J connectivity index is 1.74. The summed E-state index contributed by atoms with van der Waals surface area (Å²) in [5.41, 5.74) is 1.65. The second-order valence-corrected chi connectivity index (χ2v) is 5.49. The highest BCUT2D eigenvalue weighted by Crippen LogP contribution is 2.24. The number of nitrogens with zero attached hydrogens (tertiary/aromatic N) is 2. The molecule has 2 aromatic rings. The van der Waals surface area contributed by atoms with Crippen molar-refractivity contribution >= 4 is 28.3 Å². The number of carbonyl (C=O) groups excluding carboxylic acids is 2. The van der Waals surface area contributed by atoms with Gasteiger partial charge in [-0.15, -0.1) is 11.3 Å². The fourth-order valence-electron chi connectivity index (χ4n) is 2.23. The SMILES string of the molecule is C[C@@H](C(=O)Nc1nccs1)N1Cc2ccccc2C1=O. The molecule has 20 heavy (non-hydrogen) atoms. The van der Waals surface area contributed by atoms with Crippen LogP contribution in [0.4, 0.5) is 5.13 Å². The highest BCUT2D eigenvalue weighted by molar-refractivity contribution is 7.13. The minimum Gasteiger partial charge on any atom is -0.323 e. The normalized spacial score (nSPS) is 15.1. The number of thiazole rings is 1. The van der Waals surface area contributed by atoms with Crippen LogP contribution in [0.2, 0.25) is 0 Å². The summed E-state index contributed by atoms with van der Waals surface area (Å²) in [5, 5.41) is 5.06. The second-order valence-electron chi connectivity index (χ2n) is 4.59. The number of nitrogens with one attached hydrogen (secondary N) is 1. The number of hydrogen-bond acceptors (Lipinski definition) is 4. The third-order valence-corrected chi connectivity index (χ3v) is 4.05. The first-order valence-corrected chi connectivity index (χ1v) is 7.14. The Bertz CT molecular complexity index is 654. The molecule has 0 spiro atoms. The third-order valence-electron chi connectivity index (χ3n) is 3.36. The van der Waals surface area contributed by atoms with Crippen LogP contribution in [0, 0.1) is 0 Å². The molecule has 6 heteroatoms. The van der Waals surface area contributed by atoms with E-state index in [0.717, 1.165) is 5.56 Å². The lowest BCUT2D eigenvalue weighted by Crippen LogP contribution is -2.42. The standard InChI is InChI=1S/C14H13N3O2S/c1-9(12(18)16-14-15-6-7-20-14)17-8-10-4-2-3-5-11(10)13(17)19/h2-7,9H,8H2,1H3,(H,15,16,18)/t9-/m0/s1. The molecule has 0 saturated carbocycles. The predicted octanol–water partition coefficient (Wildman–Crippen LogP) is 2.13. The number of carbonyl (C=O) groups is 2. The van der Waals surface area contributed by atoms with E-state index < -0.39 is 6.04 Å². The van der Waals surface area contributed by atoms with E-state index in [1.165, 1.54) is 11.3 Å². The van der Waals surface area contributed by atoms with Crippen LogP contribution < -0.4 is 5.32 Å². The van der Waals surface area contributed by atoms with Crippen molar-refractivity contribution < 1.29 is 9.59 Å². The van der Waals surface area contributed by atoms with Gasteiger partial charge in [0, 0.05) is 23.7 Å². The summed E-state index contributed by atoms with van der Waals surface area (Å²) in [7, 11) is 0. The average Bonchev–Trinajstić information content (AvgIpc) is 3.07. The van der Waals surface area contributed by atoms with Gasteiger partial charge in [-0.3, -0.25) is 9.59 Å². The number of fused-ring (bicyclic) bond motifs is 1. The van der Waals surface area contributed by atoms with Gasteiger partial charge in [0.2, 0.25) is 5.91 Å². The van der Waals surface area contributed by atoms with Gasteiger partial charge < -0.3 is 10.2 Å². The van der Waals surface area contributed by atoms with E-state index in [4.69, 9.17) is 0 Å². The Morgan fingerprint density at radius 2 is 2.25 bits per heavy atom.